The van der Waals surface area contributed by atoms with E-state index >= 15 is 0 Å². The molecule has 0 radical (unpaired) electrons. The molecule has 18 heavy (non-hydrogen) atoms. The molecule has 3 heterocycles. The Labute approximate surface area is 110 Å². The van der Waals surface area contributed by atoms with Crippen LogP contribution in [-0.4, -0.2) is 23.2 Å². The van der Waals surface area contributed by atoms with Gasteiger partial charge in [0.1, 0.15) is 0 Å². The van der Waals surface area contributed by atoms with Gasteiger partial charge in [-0.15, -0.1) is 0 Å². The van der Waals surface area contributed by atoms with Crippen LogP contribution in [0.2, 0.25) is 0 Å². The SMILES string of the molecule is Cc1cscc1-c1nc(CC2CCCNC2)no1. The Balaban J connectivity index is 1.71. The highest BCUT2D eigenvalue weighted by atomic mass is 32.1. The number of nitrogens with one attached hydrogen (secondary N) is 1. The summed E-state index contributed by atoms with van der Waals surface area (Å²) in [6, 6.07) is 0. The highest BCUT2D eigenvalue weighted by Gasteiger charge is 2.18. The van der Waals surface area contributed by atoms with Crippen LogP contribution in [0.5, 0.6) is 0 Å². The van der Waals surface area contributed by atoms with Gasteiger partial charge in [0.05, 0.1) is 5.56 Å². The van der Waals surface area contributed by atoms with E-state index in [1.165, 1.54) is 18.4 Å². The zero-order chi connectivity index (χ0) is 12.4. The average Bonchev–Trinajstić information content (AvgIpc) is 2.99. The fourth-order valence-corrected chi connectivity index (χ4v) is 3.20. The molecule has 1 N–H and O–H groups in total. The first kappa shape index (κ1) is 11.9. The van der Waals surface area contributed by atoms with Crippen molar-refractivity contribution in [1.82, 2.24) is 15.5 Å². The van der Waals surface area contributed by atoms with E-state index in [0.29, 0.717) is 11.8 Å². The molecule has 3 rings (SSSR count). The van der Waals surface area contributed by atoms with Gasteiger partial charge in [0.15, 0.2) is 5.82 Å². The Kier molecular flexibility index (Phi) is 3.43. The lowest BCUT2D eigenvalue weighted by Gasteiger charge is -2.20. The Hall–Kier alpha value is -1.20. The van der Waals surface area contributed by atoms with Gasteiger partial charge in [-0.3, -0.25) is 0 Å². The first-order valence-electron chi connectivity index (χ1n) is 6.39. The van der Waals surface area contributed by atoms with Crippen LogP contribution in [0.3, 0.4) is 0 Å². The van der Waals surface area contributed by atoms with E-state index < -0.39 is 0 Å². The monoisotopic (exact) mass is 263 g/mol. The summed E-state index contributed by atoms with van der Waals surface area (Å²) in [6.07, 6.45) is 3.42. The fourth-order valence-electron chi connectivity index (χ4n) is 2.38. The van der Waals surface area contributed by atoms with Crippen LogP contribution in [0.1, 0.15) is 24.2 Å². The fraction of sp³-hybridized carbons (Fsp3) is 0.538. The van der Waals surface area contributed by atoms with Crippen molar-refractivity contribution in [2.75, 3.05) is 13.1 Å². The zero-order valence-corrected chi connectivity index (χ0v) is 11.3. The molecule has 0 aliphatic carbocycles. The number of hydrogen-bond donors (Lipinski definition) is 1. The van der Waals surface area contributed by atoms with Crippen LogP contribution in [-0.2, 0) is 6.42 Å². The molecule has 1 aliphatic heterocycles. The Bertz CT molecular complexity index is 514. The van der Waals surface area contributed by atoms with Gasteiger partial charge in [-0.25, -0.2) is 0 Å². The summed E-state index contributed by atoms with van der Waals surface area (Å²) in [5.41, 5.74) is 2.27. The van der Waals surface area contributed by atoms with Crippen molar-refractivity contribution in [2.45, 2.75) is 26.2 Å². The van der Waals surface area contributed by atoms with Crippen molar-refractivity contribution in [3.8, 4) is 11.5 Å². The lowest BCUT2D eigenvalue weighted by atomic mass is 9.96. The third kappa shape index (κ3) is 2.47. The molecule has 2 aromatic rings. The van der Waals surface area contributed by atoms with Crippen molar-refractivity contribution in [2.24, 2.45) is 5.92 Å². The summed E-state index contributed by atoms with van der Waals surface area (Å²) in [6.45, 7) is 4.28. The third-order valence-corrected chi connectivity index (χ3v) is 4.29. The Morgan fingerprint density at radius 2 is 2.44 bits per heavy atom. The predicted molar refractivity (Wildman–Crippen MR) is 71.6 cm³/mol. The van der Waals surface area contributed by atoms with Crippen LogP contribution in [0.4, 0.5) is 0 Å². The maximum atomic E-state index is 5.36. The number of aromatic nitrogens is 2. The first-order valence-corrected chi connectivity index (χ1v) is 7.33. The summed E-state index contributed by atoms with van der Waals surface area (Å²) in [5, 5.41) is 11.7. The molecule has 0 aromatic carbocycles. The highest BCUT2D eigenvalue weighted by Crippen LogP contribution is 2.25. The van der Waals surface area contributed by atoms with Gasteiger partial charge in [0, 0.05) is 11.8 Å². The predicted octanol–water partition coefficient (Wildman–Crippen LogP) is 2.65. The quantitative estimate of drug-likeness (QED) is 0.925. The summed E-state index contributed by atoms with van der Waals surface area (Å²) in [7, 11) is 0. The highest BCUT2D eigenvalue weighted by molar-refractivity contribution is 7.08. The molecule has 0 bridgehead atoms. The summed E-state index contributed by atoms with van der Waals surface area (Å²) < 4.78 is 5.36. The van der Waals surface area contributed by atoms with E-state index in [0.717, 1.165) is 30.9 Å². The lowest BCUT2D eigenvalue weighted by molar-refractivity contribution is 0.360. The minimum Gasteiger partial charge on any atom is -0.334 e. The van der Waals surface area contributed by atoms with Crippen molar-refractivity contribution in [3.05, 3.63) is 22.1 Å². The van der Waals surface area contributed by atoms with Crippen LogP contribution >= 0.6 is 11.3 Å². The van der Waals surface area contributed by atoms with Crippen molar-refractivity contribution in [3.63, 3.8) is 0 Å². The van der Waals surface area contributed by atoms with Gasteiger partial charge in [0.25, 0.3) is 5.89 Å². The second-order valence-corrected chi connectivity index (χ2v) is 5.64. The molecule has 1 atom stereocenters. The Morgan fingerprint density at radius 1 is 1.50 bits per heavy atom. The number of aryl methyl sites for hydroxylation is 1. The molecule has 5 heteroatoms. The molecule has 0 amide bonds. The molecule has 1 saturated heterocycles. The summed E-state index contributed by atoms with van der Waals surface area (Å²) >= 11 is 1.67. The van der Waals surface area contributed by atoms with E-state index in [4.69, 9.17) is 4.52 Å². The maximum Gasteiger partial charge on any atom is 0.259 e. The second-order valence-electron chi connectivity index (χ2n) is 4.90. The smallest absolute Gasteiger partial charge is 0.259 e. The van der Waals surface area contributed by atoms with Crippen molar-refractivity contribution < 1.29 is 4.52 Å². The number of thiophene rings is 1. The van der Waals surface area contributed by atoms with E-state index in [2.05, 4.69) is 33.1 Å². The molecule has 0 saturated carbocycles. The number of hydrogen-bond acceptors (Lipinski definition) is 5. The summed E-state index contributed by atoms with van der Waals surface area (Å²) in [4.78, 5) is 4.51. The summed E-state index contributed by atoms with van der Waals surface area (Å²) in [5.74, 6) is 2.14. The number of piperidine rings is 1. The van der Waals surface area contributed by atoms with Gasteiger partial charge in [0.2, 0.25) is 0 Å². The van der Waals surface area contributed by atoms with Crippen LogP contribution in [0, 0.1) is 12.8 Å². The maximum absolute atomic E-state index is 5.36. The average molecular weight is 263 g/mol. The van der Waals surface area contributed by atoms with Crippen molar-refractivity contribution >= 4 is 11.3 Å². The molecule has 2 aromatic heterocycles. The minimum atomic E-state index is 0.646. The van der Waals surface area contributed by atoms with Gasteiger partial charge in [-0.1, -0.05) is 5.16 Å². The Morgan fingerprint density at radius 3 is 3.17 bits per heavy atom. The van der Waals surface area contributed by atoms with Crippen LogP contribution in [0.15, 0.2) is 15.3 Å². The van der Waals surface area contributed by atoms with E-state index in [9.17, 15) is 0 Å². The molecule has 1 unspecified atom stereocenters. The van der Waals surface area contributed by atoms with E-state index in [-0.39, 0.29) is 0 Å². The first-order chi connectivity index (χ1) is 8.83. The molecule has 96 valence electrons. The van der Waals surface area contributed by atoms with Gasteiger partial charge in [-0.05, 0) is 49.7 Å². The number of nitrogens with zero attached hydrogens (tertiary/aromatic N) is 2. The molecular weight excluding hydrogens is 246 g/mol. The zero-order valence-electron chi connectivity index (χ0n) is 10.5. The molecular formula is C13H17N3OS. The van der Waals surface area contributed by atoms with Gasteiger partial charge in [-0.2, -0.15) is 16.3 Å². The second kappa shape index (κ2) is 5.20. The molecule has 0 spiro atoms. The van der Waals surface area contributed by atoms with Crippen LogP contribution in [0.25, 0.3) is 11.5 Å². The topological polar surface area (TPSA) is 51.0 Å². The van der Waals surface area contributed by atoms with Gasteiger partial charge >= 0.3 is 0 Å². The lowest BCUT2D eigenvalue weighted by Crippen LogP contribution is -2.31. The number of rotatable bonds is 3. The third-order valence-electron chi connectivity index (χ3n) is 3.42. The van der Waals surface area contributed by atoms with E-state index in [1.807, 2.05) is 0 Å². The largest absolute Gasteiger partial charge is 0.334 e. The van der Waals surface area contributed by atoms with Crippen molar-refractivity contribution in [1.29, 1.82) is 0 Å². The van der Waals surface area contributed by atoms with E-state index in [1.54, 1.807) is 11.3 Å². The normalized spacial score (nSPS) is 20.2. The van der Waals surface area contributed by atoms with Gasteiger partial charge < -0.3 is 9.84 Å². The molecule has 1 aliphatic rings. The minimum absolute atomic E-state index is 0.646. The molecule has 4 nitrogen and oxygen atoms in total. The standard InChI is InChI=1S/C13H17N3OS/c1-9-7-18-8-11(9)13-15-12(16-17-13)5-10-3-2-4-14-6-10/h7-8,10,14H,2-6H2,1H3. The van der Waals surface area contributed by atoms with Crippen LogP contribution < -0.4 is 5.32 Å². The molecule has 1 fully saturated rings.